The third kappa shape index (κ3) is 3.64. The van der Waals surface area contributed by atoms with Gasteiger partial charge < -0.3 is 5.32 Å². The minimum absolute atomic E-state index is 0.195. The van der Waals surface area contributed by atoms with E-state index in [1.165, 1.54) is 12.1 Å². The summed E-state index contributed by atoms with van der Waals surface area (Å²) >= 11 is 0. The number of hydrogen-bond donors (Lipinski definition) is 1. The van der Waals surface area contributed by atoms with Crippen molar-refractivity contribution in [3.63, 3.8) is 0 Å². The van der Waals surface area contributed by atoms with Crippen LogP contribution in [-0.4, -0.2) is 11.5 Å². The minimum Gasteiger partial charge on any atom is -0.310 e. The lowest BCUT2D eigenvalue weighted by molar-refractivity contribution is 0.570. The Morgan fingerprint density at radius 3 is 2.61 bits per heavy atom. The van der Waals surface area contributed by atoms with Crippen molar-refractivity contribution in [3.8, 4) is 0 Å². The van der Waals surface area contributed by atoms with E-state index in [0.29, 0.717) is 0 Å². The number of pyridine rings is 1. The predicted octanol–water partition coefficient (Wildman–Crippen LogP) is 3.11. The maximum Gasteiger partial charge on any atom is 0.123 e. The molecule has 2 nitrogen and oxygen atoms in total. The molecule has 0 saturated carbocycles. The topological polar surface area (TPSA) is 24.9 Å². The van der Waals surface area contributed by atoms with E-state index in [9.17, 15) is 4.39 Å². The van der Waals surface area contributed by atoms with E-state index in [-0.39, 0.29) is 11.9 Å². The summed E-state index contributed by atoms with van der Waals surface area (Å²) in [4.78, 5) is 4.27. The van der Waals surface area contributed by atoms with Gasteiger partial charge in [-0.05, 0) is 36.8 Å². The van der Waals surface area contributed by atoms with Gasteiger partial charge in [-0.1, -0.05) is 18.2 Å². The average molecular weight is 244 g/mol. The number of hydrogen-bond acceptors (Lipinski definition) is 2. The van der Waals surface area contributed by atoms with Crippen molar-refractivity contribution >= 4 is 0 Å². The molecule has 2 rings (SSSR count). The van der Waals surface area contributed by atoms with Gasteiger partial charge in [-0.15, -0.1) is 0 Å². The van der Waals surface area contributed by atoms with Crippen LogP contribution in [0.1, 0.15) is 24.2 Å². The summed E-state index contributed by atoms with van der Waals surface area (Å²) in [5, 5.41) is 3.40. The normalized spacial score (nSPS) is 12.3. The van der Waals surface area contributed by atoms with Crippen molar-refractivity contribution in [2.24, 2.45) is 0 Å². The lowest BCUT2D eigenvalue weighted by Gasteiger charge is -2.13. The van der Waals surface area contributed by atoms with Gasteiger partial charge in [0.1, 0.15) is 5.82 Å². The van der Waals surface area contributed by atoms with E-state index in [0.717, 1.165) is 24.2 Å². The zero-order valence-electron chi connectivity index (χ0n) is 10.4. The lowest BCUT2D eigenvalue weighted by atomic mass is 10.1. The summed E-state index contributed by atoms with van der Waals surface area (Å²) in [5.74, 6) is -0.195. The third-order valence-electron chi connectivity index (χ3n) is 2.93. The Hall–Kier alpha value is -1.74. The lowest BCUT2D eigenvalue weighted by Crippen LogP contribution is -2.21. The van der Waals surface area contributed by atoms with Gasteiger partial charge in [-0.2, -0.15) is 0 Å². The van der Waals surface area contributed by atoms with Gasteiger partial charge in [0, 0.05) is 30.9 Å². The SMILES string of the molecule is C[C@@H](NCCc1ccccn1)c1ccc(F)cc1. The van der Waals surface area contributed by atoms with Crippen LogP contribution < -0.4 is 5.32 Å². The Balaban J connectivity index is 1.81. The molecule has 1 atom stereocenters. The molecule has 1 heterocycles. The van der Waals surface area contributed by atoms with Crippen LogP contribution in [0, 0.1) is 5.82 Å². The molecule has 0 amide bonds. The van der Waals surface area contributed by atoms with Crippen molar-refractivity contribution in [3.05, 3.63) is 65.7 Å². The number of nitrogens with zero attached hydrogens (tertiary/aromatic N) is 1. The summed E-state index contributed by atoms with van der Waals surface area (Å²) < 4.78 is 12.8. The van der Waals surface area contributed by atoms with Crippen LogP contribution in [0.4, 0.5) is 4.39 Å². The Morgan fingerprint density at radius 1 is 1.17 bits per heavy atom. The summed E-state index contributed by atoms with van der Waals surface area (Å²) in [6.07, 6.45) is 2.70. The Labute approximate surface area is 107 Å². The molecule has 0 spiro atoms. The quantitative estimate of drug-likeness (QED) is 0.874. The molecule has 0 bridgehead atoms. The second-order valence-corrected chi connectivity index (χ2v) is 4.30. The van der Waals surface area contributed by atoms with Gasteiger partial charge >= 0.3 is 0 Å². The van der Waals surface area contributed by atoms with Gasteiger partial charge in [0.25, 0.3) is 0 Å². The molecule has 18 heavy (non-hydrogen) atoms. The van der Waals surface area contributed by atoms with Gasteiger partial charge in [0.05, 0.1) is 0 Å². The number of rotatable bonds is 5. The smallest absolute Gasteiger partial charge is 0.123 e. The van der Waals surface area contributed by atoms with Gasteiger partial charge in [-0.25, -0.2) is 4.39 Å². The predicted molar refractivity (Wildman–Crippen MR) is 70.8 cm³/mol. The molecule has 0 saturated heterocycles. The highest BCUT2D eigenvalue weighted by atomic mass is 19.1. The number of benzene rings is 1. The molecule has 1 aromatic heterocycles. The van der Waals surface area contributed by atoms with Crippen molar-refractivity contribution in [1.29, 1.82) is 0 Å². The van der Waals surface area contributed by atoms with Crippen molar-refractivity contribution in [2.75, 3.05) is 6.54 Å². The Kier molecular flexibility index (Phi) is 4.42. The van der Waals surface area contributed by atoms with Crippen LogP contribution >= 0.6 is 0 Å². The van der Waals surface area contributed by atoms with Gasteiger partial charge in [0.2, 0.25) is 0 Å². The zero-order chi connectivity index (χ0) is 12.8. The molecule has 94 valence electrons. The summed E-state index contributed by atoms with van der Waals surface area (Å²) in [7, 11) is 0. The monoisotopic (exact) mass is 244 g/mol. The standard InChI is InChI=1S/C15H17FN2/c1-12(13-5-7-14(16)8-6-13)17-11-9-15-4-2-3-10-18-15/h2-8,10,12,17H,9,11H2,1H3/t12-/m1/s1. The first-order chi connectivity index (χ1) is 8.75. The summed E-state index contributed by atoms with van der Waals surface area (Å²) in [6.45, 7) is 2.93. The highest BCUT2D eigenvalue weighted by Crippen LogP contribution is 2.12. The van der Waals surface area contributed by atoms with Crippen LogP contribution in [0.2, 0.25) is 0 Å². The van der Waals surface area contributed by atoms with E-state index >= 15 is 0 Å². The van der Waals surface area contributed by atoms with Crippen LogP contribution in [-0.2, 0) is 6.42 Å². The molecule has 0 radical (unpaired) electrons. The molecule has 3 heteroatoms. The minimum atomic E-state index is -0.195. The van der Waals surface area contributed by atoms with E-state index in [1.54, 1.807) is 6.20 Å². The Morgan fingerprint density at radius 2 is 1.94 bits per heavy atom. The van der Waals surface area contributed by atoms with E-state index in [2.05, 4.69) is 17.2 Å². The second kappa shape index (κ2) is 6.26. The second-order valence-electron chi connectivity index (χ2n) is 4.30. The van der Waals surface area contributed by atoms with E-state index < -0.39 is 0 Å². The highest BCUT2D eigenvalue weighted by Gasteiger charge is 2.04. The van der Waals surface area contributed by atoms with Gasteiger partial charge in [-0.3, -0.25) is 4.98 Å². The number of aromatic nitrogens is 1. The average Bonchev–Trinajstić information content (AvgIpc) is 2.40. The molecule has 0 aliphatic rings. The molecule has 0 unspecified atom stereocenters. The molecule has 0 aliphatic carbocycles. The maximum absolute atomic E-state index is 12.8. The first-order valence-electron chi connectivity index (χ1n) is 6.14. The highest BCUT2D eigenvalue weighted by molar-refractivity contribution is 5.19. The molecule has 0 fully saturated rings. The fourth-order valence-corrected chi connectivity index (χ4v) is 1.83. The first kappa shape index (κ1) is 12.7. The largest absolute Gasteiger partial charge is 0.310 e. The number of nitrogens with one attached hydrogen (secondary N) is 1. The van der Waals surface area contributed by atoms with Crippen LogP contribution in [0.25, 0.3) is 0 Å². The van der Waals surface area contributed by atoms with Crippen molar-refractivity contribution in [1.82, 2.24) is 10.3 Å². The molecule has 0 aliphatic heterocycles. The molecular formula is C15H17FN2. The fraction of sp³-hybridized carbons (Fsp3) is 0.267. The molecule has 1 N–H and O–H groups in total. The van der Waals surface area contributed by atoms with E-state index in [4.69, 9.17) is 0 Å². The van der Waals surface area contributed by atoms with Crippen LogP contribution in [0.15, 0.2) is 48.7 Å². The molecular weight excluding hydrogens is 227 g/mol. The van der Waals surface area contributed by atoms with Crippen LogP contribution in [0.5, 0.6) is 0 Å². The van der Waals surface area contributed by atoms with Crippen molar-refractivity contribution < 1.29 is 4.39 Å². The van der Waals surface area contributed by atoms with Crippen LogP contribution in [0.3, 0.4) is 0 Å². The Bertz CT molecular complexity index is 468. The third-order valence-corrected chi connectivity index (χ3v) is 2.93. The molecule has 2 aromatic rings. The van der Waals surface area contributed by atoms with Crippen molar-refractivity contribution in [2.45, 2.75) is 19.4 Å². The zero-order valence-corrected chi connectivity index (χ0v) is 10.4. The first-order valence-corrected chi connectivity index (χ1v) is 6.14. The van der Waals surface area contributed by atoms with E-state index in [1.807, 2.05) is 30.3 Å². The van der Waals surface area contributed by atoms with Gasteiger partial charge in [0.15, 0.2) is 0 Å². The molecule has 1 aromatic carbocycles. The maximum atomic E-state index is 12.8. The summed E-state index contributed by atoms with van der Waals surface area (Å²) in [6, 6.07) is 12.8. The fourth-order valence-electron chi connectivity index (χ4n) is 1.83. The number of halogens is 1. The summed E-state index contributed by atoms with van der Waals surface area (Å²) in [5.41, 5.74) is 2.17.